The first-order chi connectivity index (χ1) is 9.13. The van der Waals surface area contributed by atoms with Crippen LogP contribution in [0, 0.1) is 13.8 Å². The molecule has 0 bridgehead atoms. The molecule has 3 rings (SSSR count). The maximum absolute atomic E-state index is 5.91. The van der Waals surface area contributed by atoms with Crippen molar-refractivity contribution in [3.05, 3.63) is 27.8 Å². The van der Waals surface area contributed by atoms with Crippen LogP contribution in [0.3, 0.4) is 0 Å². The maximum atomic E-state index is 5.91. The van der Waals surface area contributed by atoms with E-state index in [9.17, 15) is 0 Å². The number of thiazole rings is 2. The number of nitrogens with zero attached hydrogens (tertiary/aromatic N) is 4. The fraction of sp³-hybridized carbons (Fsp3) is 0.167. The minimum atomic E-state index is 0.461. The highest BCUT2D eigenvalue weighted by Gasteiger charge is 2.12. The number of aryl methyl sites for hydroxylation is 2. The molecule has 0 aromatic carbocycles. The van der Waals surface area contributed by atoms with E-state index in [0.29, 0.717) is 11.6 Å². The van der Waals surface area contributed by atoms with E-state index in [4.69, 9.17) is 5.73 Å². The van der Waals surface area contributed by atoms with Crippen LogP contribution in [0.2, 0.25) is 0 Å². The first-order valence-electron chi connectivity index (χ1n) is 5.61. The number of hydrogen-bond acceptors (Lipinski definition) is 7. The third kappa shape index (κ3) is 2.34. The molecule has 5 nitrogen and oxygen atoms in total. The molecule has 0 fully saturated rings. The van der Waals surface area contributed by atoms with Gasteiger partial charge >= 0.3 is 0 Å². The van der Waals surface area contributed by atoms with Gasteiger partial charge < -0.3 is 5.73 Å². The number of rotatable bonds is 2. The summed E-state index contributed by atoms with van der Waals surface area (Å²) in [6.07, 6.45) is 1.71. The Balaban J connectivity index is 2.01. The second kappa shape index (κ2) is 4.67. The summed E-state index contributed by atoms with van der Waals surface area (Å²) in [5.74, 6) is 1.12. The van der Waals surface area contributed by atoms with E-state index in [-0.39, 0.29) is 0 Å². The summed E-state index contributed by atoms with van der Waals surface area (Å²) in [4.78, 5) is 17.3. The molecule has 0 atom stereocenters. The molecule has 0 aliphatic rings. The van der Waals surface area contributed by atoms with Crippen LogP contribution in [0.25, 0.3) is 22.0 Å². The van der Waals surface area contributed by atoms with Crippen molar-refractivity contribution >= 4 is 28.5 Å². The van der Waals surface area contributed by atoms with Gasteiger partial charge in [0.05, 0.1) is 10.6 Å². The Morgan fingerprint density at radius 2 is 1.74 bits per heavy atom. The van der Waals surface area contributed by atoms with Gasteiger partial charge in [-0.2, -0.15) is 0 Å². The molecule has 0 aliphatic heterocycles. The molecule has 3 heterocycles. The summed E-state index contributed by atoms with van der Waals surface area (Å²) in [5.41, 5.74) is 8.44. The first kappa shape index (κ1) is 12.2. The van der Waals surface area contributed by atoms with Crippen LogP contribution in [0.5, 0.6) is 0 Å². The Morgan fingerprint density at radius 1 is 1.00 bits per heavy atom. The minimum absolute atomic E-state index is 0.461. The van der Waals surface area contributed by atoms with Crippen LogP contribution in [0.4, 0.5) is 5.82 Å². The molecule has 0 spiro atoms. The first-order valence-corrected chi connectivity index (χ1v) is 7.37. The monoisotopic (exact) mass is 289 g/mol. The number of hydrogen-bond donors (Lipinski definition) is 1. The fourth-order valence-electron chi connectivity index (χ4n) is 1.65. The van der Waals surface area contributed by atoms with E-state index < -0.39 is 0 Å². The van der Waals surface area contributed by atoms with Crippen molar-refractivity contribution in [1.29, 1.82) is 0 Å². The standard InChI is InChI=1S/C12H11N5S2/c1-6-14-3-8(11(13)15-6)12-17-10(5-19-12)9-4-18-7(2)16-9/h3-5H,1-2H3,(H2,13,14,15). The van der Waals surface area contributed by atoms with Crippen LogP contribution >= 0.6 is 22.7 Å². The van der Waals surface area contributed by atoms with Gasteiger partial charge in [-0.1, -0.05) is 0 Å². The Morgan fingerprint density at radius 3 is 2.42 bits per heavy atom. The van der Waals surface area contributed by atoms with Gasteiger partial charge in [0.1, 0.15) is 28.0 Å². The predicted octanol–water partition coefficient (Wildman–Crippen LogP) is 2.92. The van der Waals surface area contributed by atoms with Gasteiger partial charge in [0.25, 0.3) is 0 Å². The van der Waals surface area contributed by atoms with Crippen molar-refractivity contribution in [2.24, 2.45) is 0 Å². The molecular formula is C12H11N5S2. The van der Waals surface area contributed by atoms with E-state index in [0.717, 1.165) is 27.0 Å². The smallest absolute Gasteiger partial charge is 0.137 e. The van der Waals surface area contributed by atoms with E-state index in [1.807, 2.05) is 24.6 Å². The molecule has 96 valence electrons. The van der Waals surface area contributed by atoms with Crippen molar-refractivity contribution in [1.82, 2.24) is 19.9 Å². The number of nitrogen functional groups attached to an aromatic ring is 1. The van der Waals surface area contributed by atoms with Crippen LogP contribution in [-0.2, 0) is 0 Å². The van der Waals surface area contributed by atoms with E-state index in [1.165, 1.54) is 11.3 Å². The number of anilines is 1. The Kier molecular flexibility index (Phi) is 3.00. The van der Waals surface area contributed by atoms with Crippen molar-refractivity contribution < 1.29 is 0 Å². The van der Waals surface area contributed by atoms with E-state index in [1.54, 1.807) is 17.5 Å². The van der Waals surface area contributed by atoms with E-state index >= 15 is 0 Å². The van der Waals surface area contributed by atoms with Gasteiger partial charge in [-0.25, -0.2) is 19.9 Å². The number of nitrogens with two attached hydrogens (primary N) is 1. The number of aromatic nitrogens is 4. The maximum Gasteiger partial charge on any atom is 0.137 e. The zero-order valence-electron chi connectivity index (χ0n) is 10.4. The van der Waals surface area contributed by atoms with Gasteiger partial charge in [0.15, 0.2) is 0 Å². The van der Waals surface area contributed by atoms with Crippen LogP contribution in [-0.4, -0.2) is 19.9 Å². The van der Waals surface area contributed by atoms with Crippen LogP contribution in [0.15, 0.2) is 17.0 Å². The lowest BCUT2D eigenvalue weighted by atomic mass is 10.3. The summed E-state index contributed by atoms with van der Waals surface area (Å²) in [5, 5.41) is 5.83. The summed E-state index contributed by atoms with van der Waals surface area (Å²) in [6, 6.07) is 0. The van der Waals surface area contributed by atoms with Crippen molar-refractivity contribution in [2.75, 3.05) is 5.73 Å². The summed E-state index contributed by atoms with van der Waals surface area (Å²) in [6.45, 7) is 3.79. The normalized spacial score (nSPS) is 10.8. The highest BCUT2D eigenvalue weighted by atomic mass is 32.1. The molecule has 0 aliphatic carbocycles. The zero-order chi connectivity index (χ0) is 13.4. The quantitative estimate of drug-likeness (QED) is 0.784. The SMILES string of the molecule is Cc1ncc(-c2nc(-c3csc(C)n3)cs2)c(N)n1. The third-order valence-corrected chi connectivity index (χ3v) is 4.20. The highest BCUT2D eigenvalue weighted by Crippen LogP contribution is 2.31. The molecule has 0 amide bonds. The van der Waals surface area contributed by atoms with Gasteiger partial charge in [-0.15, -0.1) is 22.7 Å². The summed E-state index contributed by atoms with van der Waals surface area (Å²) < 4.78 is 0. The van der Waals surface area contributed by atoms with Crippen molar-refractivity contribution in [3.63, 3.8) is 0 Å². The van der Waals surface area contributed by atoms with E-state index in [2.05, 4.69) is 19.9 Å². The molecule has 0 saturated heterocycles. The third-order valence-electron chi connectivity index (χ3n) is 2.55. The molecule has 0 radical (unpaired) electrons. The van der Waals surface area contributed by atoms with Crippen molar-refractivity contribution in [2.45, 2.75) is 13.8 Å². The molecule has 19 heavy (non-hydrogen) atoms. The van der Waals surface area contributed by atoms with Gasteiger partial charge in [-0.05, 0) is 13.8 Å². The molecular weight excluding hydrogens is 278 g/mol. The molecule has 3 aromatic rings. The lowest BCUT2D eigenvalue weighted by Crippen LogP contribution is -1.98. The topological polar surface area (TPSA) is 77.6 Å². The predicted molar refractivity (Wildman–Crippen MR) is 78.1 cm³/mol. The molecule has 3 aromatic heterocycles. The lowest BCUT2D eigenvalue weighted by molar-refractivity contribution is 1.06. The Bertz CT molecular complexity index is 731. The average molecular weight is 289 g/mol. The Labute approximate surface area is 118 Å². The lowest BCUT2D eigenvalue weighted by Gasteiger charge is -2.00. The molecule has 0 unspecified atom stereocenters. The van der Waals surface area contributed by atoms with Gasteiger partial charge in [0.2, 0.25) is 0 Å². The largest absolute Gasteiger partial charge is 0.383 e. The van der Waals surface area contributed by atoms with Gasteiger partial charge in [0, 0.05) is 17.0 Å². The fourth-order valence-corrected chi connectivity index (χ4v) is 3.09. The second-order valence-electron chi connectivity index (χ2n) is 4.01. The van der Waals surface area contributed by atoms with Crippen LogP contribution < -0.4 is 5.73 Å². The second-order valence-corrected chi connectivity index (χ2v) is 5.93. The summed E-state index contributed by atoms with van der Waals surface area (Å²) in [7, 11) is 0. The Hall–Kier alpha value is -1.86. The molecule has 0 saturated carbocycles. The molecule has 7 heteroatoms. The van der Waals surface area contributed by atoms with Crippen molar-refractivity contribution in [3.8, 4) is 22.0 Å². The average Bonchev–Trinajstić information content (AvgIpc) is 2.97. The summed E-state index contributed by atoms with van der Waals surface area (Å²) >= 11 is 3.13. The zero-order valence-corrected chi connectivity index (χ0v) is 12.0. The highest BCUT2D eigenvalue weighted by molar-refractivity contribution is 7.13. The molecule has 2 N–H and O–H groups in total. The van der Waals surface area contributed by atoms with Crippen LogP contribution in [0.1, 0.15) is 10.8 Å². The minimum Gasteiger partial charge on any atom is -0.383 e. The van der Waals surface area contributed by atoms with Gasteiger partial charge in [-0.3, -0.25) is 0 Å².